The molecule has 0 saturated heterocycles. The first kappa shape index (κ1) is 27.4. The third-order valence-corrected chi connectivity index (χ3v) is 2.81. The molecule has 0 radical (unpaired) electrons. The first-order valence-corrected chi connectivity index (χ1v) is 7.77. The van der Waals surface area contributed by atoms with E-state index in [4.69, 9.17) is 11.5 Å². The maximum absolute atomic E-state index is 10.8. The molecule has 0 aromatic heterocycles. The molecule has 0 aliphatic carbocycles. The van der Waals surface area contributed by atoms with Crippen LogP contribution in [0.25, 0.3) is 0 Å². The van der Waals surface area contributed by atoms with Gasteiger partial charge in [0.2, 0.25) is 6.08 Å². The van der Waals surface area contributed by atoms with E-state index < -0.39 is 11.9 Å². The van der Waals surface area contributed by atoms with Gasteiger partial charge in [-0.1, -0.05) is 39.5 Å². The lowest BCUT2D eigenvalue weighted by Crippen LogP contribution is -2.36. The number of amides is 3. The Morgan fingerprint density at radius 1 is 1.16 bits per heavy atom. The highest BCUT2D eigenvalue weighted by Crippen LogP contribution is 1.99. The van der Waals surface area contributed by atoms with Gasteiger partial charge in [0.15, 0.2) is 0 Å². The Balaban J connectivity index is -0.000000307. The zero-order valence-corrected chi connectivity index (χ0v) is 14.8. The maximum atomic E-state index is 10.8. The average Bonchev–Trinajstić information content (AvgIpc) is 2.56. The number of isocyanates is 1. The Kier molecular flexibility index (Phi) is 19.5. The van der Waals surface area contributed by atoms with Crippen molar-refractivity contribution in [2.45, 2.75) is 60.0 Å². The van der Waals surface area contributed by atoms with Crippen LogP contribution in [0.5, 0.6) is 0 Å². The molecule has 0 unspecified atom stereocenters. The molecule has 142 valence electrons. The molecule has 5 N–H and O–H groups in total. The van der Waals surface area contributed by atoms with Gasteiger partial charge in [-0.25, -0.2) is 9.59 Å². The molecule has 0 fully saturated rings. The first-order chi connectivity index (χ1) is 11.3. The molecule has 0 saturated carbocycles. The molecule has 0 spiro atoms. The van der Waals surface area contributed by atoms with Crippen LogP contribution < -0.4 is 16.8 Å². The van der Waals surface area contributed by atoms with Crippen molar-refractivity contribution in [3.63, 3.8) is 0 Å². The smallest absolute Gasteiger partial charge is 0.312 e. The van der Waals surface area contributed by atoms with E-state index in [1.54, 1.807) is 30.3 Å². The summed E-state index contributed by atoms with van der Waals surface area (Å²) in [5.41, 5.74) is 10.5. The number of nitrogens with zero attached hydrogens (tertiary/aromatic N) is 1. The molecule has 2 atom stereocenters. The second kappa shape index (κ2) is 17.8. The number of benzene rings is 1. The zero-order chi connectivity index (χ0) is 19.0. The fraction of sp³-hybridized carbons (Fsp3) is 0.500. The van der Waals surface area contributed by atoms with E-state index in [1.165, 1.54) is 6.08 Å². The predicted octanol–water partition coefficient (Wildman–Crippen LogP) is 3.00. The van der Waals surface area contributed by atoms with E-state index in [9.17, 15) is 14.4 Å². The van der Waals surface area contributed by atoms with Crippen LogP contribution in [0.15, 0.2) is 35.3 Å². The van der Waals surface area contributed by atoms with Crippen LogP contribution in [-0.4, -0.2) is 30.1 Å². The number of hydrogen-bond donors (Lipinski definition) is 3. The minimum absolute atomic E-state index is 0. The molecule has 1 aromatic rings. The summed E-state index contributed by atoms with van der Waals surface area (Å²) in [5, 5.41) is 2.53. The monoisotopic (exact) mass is 352 g/mol. The molecular weight excluding hydrogens is 320 g/mol. The van der Waals surface area contributed by atoms with Crippen molar-refractivity contribution in [2.75, 3.05) is 0 Å². The second-order valence-corrected chi connectivity index (χ2v) is 5.08. The highest BCUT2D eigenvalue weighted by molar-refractivity contribution is 5.97. The number of carbonyl (C=O) groups is 2. The molecule has 0 aliphatic heterocycles. The van der Waals surface area contributed by atoms with Crippen LogP contribution in [-0.2, 0) is 4.79 Å². The van der Waals surface area contributed by atoms with E-state index in [2.05, 4.69) is 17.2 Å². The molecule has 0 aliphatic rings. The average molecular weight is 352 g/mol. The molecule has 0 heterocycles. The Hall–Kier alpha value is -2.50. The van der Waals surface area contributed by atoms with Crippen molar-refractivity contribution < 1.29 is 14.4 Å². The minimum Gasteiger partial charge on any atom is -0.352 e. The Morgan fingerprint density at radius 2 is 1.64 bits per heavy atom. The summed E-state index contributed by atoms with van der Waals surface area (Å²) in [4.78, 5) is 33.5. The number of nitrogens with two attached hydrogens (primary N) is 2. The van der Waals surface area contributed by atoms with E-state index in [0.29, 0.717) is 11.6 Å². The number of hydrogen-bond acceptors (Lipinski definition) is 4. The lowest BCUT2D eigenvalue weighted by atomic mass is 10.2. The molecule has 1 rings (SSSR count). The summed E-state index contributed by atoms with van der Waals surface area (Å²) < 4.78 is 0. The fourth-order valence-corrected chi connectivity index (χ4v) is 1.03. The number of nitrogens with one attached hydrogen (secondary N) is 1. The van der Waals surface area contributed by atoms with Crippen molar-refractivity contribution in [1.29, 1.82) is 0 Å². The normalized spacial score (nSPS) is 10.8. The van der Waals surface area contributed by atoms with E-state index in [0.717, 1.165) is 12.8 Å². The largest absolute Gasteiger partial charge is 0.352 e. The van der Waals surface area contributed by atoms with Gasteiger partial charge < -0.3 is 16.8 Å². The fourth-order valence-electron chi connectivity index (χ4n) is 1.03. The van der Waals surface area contributed by atoms with Gasteiger partial charge in [0, 0.05) is 17.6 Å². The lowest BCUT2D eigenvalue weighted by Gasteiger charge is -2.06. The number of carbonyl (C=O) groups excluding carboxylic acids is 3. The van der Waals surface area contributed by atoms with Crippen LogP contribution in [0, 0.1) is 0 Å². The van der Waals surface area contributed by atoms with E-state index >= 15 is 0 Å². The molecule has 25 heavy (non-hydrogen) atoms. The van der Waals surface area contributed by atoms with Gasteiger partial charge in [-0.05, 0) is 38.8 Å². The molecular formula is C18H32N4O3. The number of rotatable bonds is 4. The van der Waals surface area contributed by atoms with Crippen molar-refractivity contribution >= 4 is 18.0 Å². The van der Waals surface area contributed by atoms with Crippen molar-refractivity contribution in [2.24, 2.45) is 16.5 Å². The van der Waals surface area contributed by atoms with Crippen LogP contribution in [0.4, 0.5) is 4.79 Å². The van der Waals surface area contributed by atoms with Crippen LogP contribution >= 0.6 is 0 Å². The summed E-state index contributed by atoms with van der Waals surface area (Å²) in [6.07, 6.45) is 3.19. The second-order valence-electron chi connectivity index (χ2n) is 5.08. The maximum Gasteiger partial charge on any atom is 0.312 e. The van der Waals surface area contributed by atoms with Gasteiger partial charge in [0.25, 0.3) is 5.91 Å². The standard InChI is InChI=1S/C8H5NO2.C5H12N2O.C4H11N.CH4/c10-6-9-8(11)7-4-2-1-3-5-7;1-3-4(2)7-5(6)8;1-3-4(2)5;/h1-5H;4H,3H2,1-2H3,(H3,6,7,8);4H,3,5H2,1-2H3;1H4/t;2*4-;/m.11./s1. The summed E-state index contributed by atoms with van der Waals surface area (Å²) in [6, 6.07) is 8.50. The predicted molar refractivity (Wildman–Crippen MR) is 102 cm³/mol. The topological polar surface area (TPSA) is 128 Å². The van der Waals surface area contributed by atoms with Crippen LogP contribution in [0.1, 0.15) is 58.3 Å². The molecule has 0 bridgehead atoms. The van der Waals surface area contributed by atoms with Gasteiger partial charge in [-0.15, -0.1) is 4.99 Å². The van der Waals surface area contributed by atoms with Gasteiger partial charge in [-0.3, -0.25) is 4.79 Å². The van der Waals surface area contributed by atoms with Crippen LogP contribution in [0.2, 0.25) is 0 Å². The summed E-state index contributed by atoms with van der Waals surface area (Å²) in [5.74, 6) is -0.555. The quantitative estimate of drug-likeness (QED) is 0.568. The minimum atomic E-state index is -0.555. The summed E-state index contributed by atoms with van der Waals surface area (Å²) in [7, 11) is 0. The van der Waals surface area contributed by atoms with Gasteiger partial charge in [0.1, 0.15) is 0 Å². The Labute approximate surface area is 150 Å². The summed E-state index contributed by atoms with van der Waals surface area (Å²) in [6.45, 7) is 7.97. The van der Waals surface area contributed by atoms with Gasteiger partial charge in [-0.2, -0.15) is 0 Å². The number of aliphatic imine (C=N–C) groups is 1. The molecule has 7 heteroatoms. The van der Waals surface area contributed by atoms with Crippen molar-refractivity contribution in [3.05, 3.63) is 35.9 Å². The van der Waals surface area contributed by atoms with E-state index in [-0.39, 0.29) is 13.5 Å². The highest BCUT2D eigenvalue weighted by Gasteiger charge is 1.99. The molecule has 1 aromatic carbocycles. The molecule has 7 nitrogen and oxygen atoms in total. The van der Waals surface area contributed by atoms with Crippen molar-refractivity contribution in [3.8, 4) is 0 Å². The van der Waals surface area contributed by atoms with Crippen molar-refractivity contribution in [1.82, 2.24) is 5.32 Å². The Bertz CT molecular complexity index is 512. The third kappa shape index (κ3) is 19.5. The van der Waals surface area contributed by atoms with E-state index in [1.807, 2.05) is 20.8 Å². The third-order valence-electron chi connectivity index (χ3n) is 2.81. The summed E-state index contributed by atoms with van der Waals surface area (Å²) >= 11 is 0. The van der Waals surface area contributed by atoms with Crippen LogP contribution in [0.3, 0.4) is 0 Å². The SMILES string of the molecule is C.CC[C@@H](C)N.CC[C@@H](C)NC(N)=O.O=C=NC(=O)c1ccccc1. The first-order valence-electron chi connectivity index (χ1n) is 7.77. The number of urea groups is 1. The van der Waals surface area contributed by atoms with Gasteiger partial charge >= 0.3 is 6.03 Å². The molecule has 3 amide bonds. The highest BCUT2D eigenvalue weighted by atomic mass is 16.2. The number of primary amides is 1. The lowest BCUT2D eigenvalue weighted by molar-refractivity contribution is 0.100. The Morgan fingerprint density at radius 3 is 1.92 bits per heavy atom. The van der Waals surface area contributed by atoms with Gasteiger partial charge in [0.05, 0.1) is 0 Å². The zero-order valence-electron chi connectivity index (χ0n) is 14.8.